The van der Waals surface area contributed by atoms with Gasteiger partial charge in [0.2, 0.25) is 0 Å². The quantitative estimate of drug-likeness (QED) is 0.463. The van der Waals surface area contributed by atoms with Gasteiger partial charge >= 0.3 is 11.8 Å². The molecular weight excluding hydrogens is 220 g/mol. The van der Waals surface area contributed by atoms with E-state index in [1.54, 1.807) is 32.0 Å². The van der Waals surface area contributed by atoms with Crippen molar-refractivity contribution in [3.8, 4) is 0 Å². The first-order valence-corrected chi connectivity index (χ1v) is 5.32. The molecule has 4 heteroatoms. The lowest BCUT2D eigenvalue weighted by Crippen LogP contribution is -2.20. The molecule has 0 aliphatic heterocycles. The third kappa shape index (κ3) is 2.36. The number of hydrogen-bond donors (Lipinski definition) is 0. The number of fused-ring (bicyclic) bond motifs is 1. The van der Waals surface area contributed by atoms with Crippen LogP contribution in [0.1, 0.15) is 24.4 Å². The number of benzene rings is 1. The number of rotatable bonds is 3. The highest BCUT2D eigenvalue weighted by Gasteiger charge is 2.22. The molecule has 0 aliphatic rings. The molecule has 0 saturated heterocycles. The third-order valence-corrected chi connectivity index (χ3v) is 2.18. The number of carbonyl (C=O) groups excluding carboxylic acids is 2. The summed E-state index contributed by atoms with van der Waals surface area (Å²) in [6.45, 7) is 3.37. The van der Waals surface area contributed by atoms with Gasteiger partial charge in [-0.3, -0.25) is 4.79 Å². The van der Waals surface area contributed by atoms with E-state index in [-0.39, 0.29) is 11.9 Å². The Kier molecular flexibility index (Phi) is 2.95. The molecule has 17 heavy (non-hydrogen) atoms. The van der Waals surface area contributed by atoms with Crippen molar-refractivity contribution in [2.45, 2.75) is 20.0 Å². The Morgan fingerprint density at radius 1 is 1.24 bits per heavy atom. The summed E-state index contributed by atoms with van der Waals surface area (Å²) >= 11 is 0. The normalized spacial score (nSPS) is 10.8. The van der Waals surface area contributed by atoms with Crippen LogP contribution in [-0.4, -0.2) is 17.9 Å². The summed E-state index contributed by atoms with van der Waals surface area (Å²) in [6.07, 6.45) is -0.323. The van der Waals surface area contributed by atoms with Gasteiger partial charge in [0.15, 0.2) is 5.76 Å². The van der Waals surface area contributed by atoms with Crippen LogP contribution < -0.4 is 0 Å². The van der Waals surface area contributed by atoms with Crippen LogP contribution in [0.4, 0.5) is 0 Å². The lowest BCUT2D eigenvalue weighted by Gasteiger charge is -2.04. The van der Waals surface area contributed by atoms with Crippen LogP contribution in [0.2, 0.25) is 0 Å². The summed E-state index contributed by atoms with van der Waals surface area (Å²) in [6, 6.07) is 8.72. The number of Topliss-reactive ketones (excluding diaryl/α,β-unsaturated/α-hetero) is 1. The fourth-order valence-electron chi connectivity index (χ4n) is 1.46. The molecule has 0 aliphatic carbocycles. The molecule has 1 aromatic heterocycles. The number of carbonyl (C=O) groups is 2. The molecule has 0 radical (unpaired) electrons. The number of furan rings is 1. The highest BCUT2D eigenvalue weighted by Crippen LogP contribution is 2.19. The first kappa shape index (κ1) is 11.4. The molecule has 0 amide bonds. The molecule has 2 aromatic rings. The summed E-state index contributed by atoms with van der Waals surface area (Å²) < 4.78 is 10.1. The summed E-state index contributed by atoms with van der Waals surface area (Å²) in [7, 11) is 0. The van der Waals surface area contributed by atoms with E-state index in [2.05, 4.69) is 0 Å². The Bertz CT molecular complexity index is 533. The number of esters is 1. The van der Waals surface area contributed by atoms with Gasteiger partial charge in [0.05, 0.1) is 6.10 Å². The second-order valence-electron chi connectivity index (χ2n) is 3.93. The fraction of sp³-hybridized carbons (Fsp3) is 0.231. The molecule has 0 spiro atoms. The Hall–Kier alpha value is -2.10. The minimum Gasteiger partial charge on any atom is -0.457 e. The van der Waals surface area contributed by atoms with Crippen molar-refractivity contribution in [1.29, 1.82) is 0 Å². The van der Waals surface area contributed by atoms with Gasteiger partial charge in [0.25, 0.3) is 0 Å². The third-order valence-electron chi connectivity index (χ3n) is 2.18. The SMILES string of the molecule is CC(C)OC(=O)C(=O)c1cc2ccccc2o1. The first-order valence-electron chi connectivity index (χ1n) is 5.32. The monoisotopic (exact) mass is 232 g/mol. The van der Waals surface area contributed by atoms with E-state index in [4.69, 9.17) is 9.15 Å². The molecule has 4 nitrogen and oxygen atoms in total. The molecule has 0 saturated carbocycles. The molecule has 0 atom stereocenters. The van der Waals surface area contributed by atoms with Gasteiger partial charge in [-0.25, -0.2) is 4.79 Å². The summed E-state index contributed by atoms with van der Waals surface area (Å²) in [5.74, 6) is -1.63. The lowest BCUT2D eigenvalue weighted by molar-refractivity contribution is -0.141. The minimum atomic E-state index is -0.890. The first-order chi connectivity index (χ1) is 8.08. The molecule has 88 valence electrons. The second-order valence-corrected chi connectivity index (χ2v) is 3.93. The van der Waals surface area contributed by atoms with Crippen molar-refractivity contribution in [2.24, 2.45) is 0 Å². The number of para-hydroxylation sites is 1. The van der Waals surface area contributed by atoms with Crippen molar-refractivity contribution in [3.63, 3.8) is 0 Å². The Morgan fingerprint density at radius 2 is 1.94 bits per heavy atom. The van der Waals surface area contributed by atoms with Gasteiger partial charge in [-0.1, -0.05) is 18.2 Å². The topological polar surface area (TPSA) is 56.5 Å². The average molecular weight is 232 g/mol. The van der Waals surface area contributed by atoms with Crippen molar-refractivity contribution in [3.05, 3.63) is 36.1 Å². The van der Waals surface area contributed by atoms with Gasteiger partial charge < -0.3 is 9.15 Å². The van der Waals surface area contributed by atoms with Crippen LogP contribution in [0.5, 0.6) is 0 Å². The zero-order chi connectivity index (χ0) is 12.4. The lowest BCUT2D eigenvalue weighted by atomic mass is 10.2. The predicted octanol–water partition coefficient (Wildman–Crippen LogP) is 2.57. The summed E-state index contributed by atoms with van der Waals surface area (Å²) in [4.78, 5) is 23.1. The van der Waals surface area contributed by atoms with Gasteiger partial charge in [-0.05, 0) is 26.0 Å². The Balaban J connectivity index is 2.27. The molecule has 0 unspecified atom stereocenters. The zero-order valence-electron chi connectivity index (χ0n) is 9.60. The standard InChI is InChI=1S/C13H12O4/c1-8(2)16-13(15)12(14)11-7-9-5-3-4-6-10(9)17-11/h3-8H,1-2H3. The molecular formula is C13H12O4. The second kappa shape index (κ2) is 4.41. The highest BCUT2D eigenvalue weighted by atomic mass is 16.5. The maximum absolute atomic E-state index is 11.7. The van der Waals surface area contributed by atoms with Crippen molar-refractivity contribution in [2.75, 3.05) is 0 Å². The summed E-state index contributed by atoms with van der Waals surface area (Å²) in [5, 5.41) is 0.785. The maximum Gasteiger partial charge on any atom is 0.383 e. The van der Waals surface area contributed by atoms with Crippen molar-refractivity contribution < 1.29 is 18.7 Å². The van der Waals surface area contributed by atoms with Crippen molar-refractivity contribution >= 4 is 22.7 Å². The molecule has 1 aromatic carbocycles. The van der Waals surface area contributed by atoms with E-state index in [0.29, 0.717) is 5.58 Å². The molecule has 2 rings (SSSR count). The van der Waals surface area contributed by atoms with Crippen molar-refractivity contribution in [1.82, 2.24) is 0 Å². The molecule has 1 heterocycles. The van der Waals surface area contributed by atoms with Gasteiger partial charge in [0.1, 0.15) is 5.58 Å². The molecule has 0 bridgehead atoms. The van der Waals surface area contributed by atoms with Crippen LogP contribution >= 0.6 is 0 Å². The van der Waals surface area contributed by atoms with E-state index in [1.807, 2.05) is 12.1 Å². The average Bonchev–Trinajstić information content (AvgIpc) is 2.70. The van der Waals surface area contributed by atoms with Crippen LogP contribution in [0.15, 0.2) is 34.7 Å². The van der Waals surface area contributed by atoms with E-state index >= 15 is 0 Å². The molecule has 0 fully saturated rings. The van der Waals surface area contributed by atoms with Gasteiger partial charge in [-0.15, -0.1) is 0 Å². The van der Waals surface area contributed by atoms with Crippen LogP contribution in [0, 0.1) is 0 Å². The number of ketones is 1. The van der Waals surface area contributed by atoms with Crippen LogP contribution in [-0.2, 0) is 9.53 Å². The fourth-order valence-corrected chi connectivity index (χ4v) is 1.46. The summed E-state index contributed by atoms with van der Waals surface area (Å²) in [5.41, 5.74) is 0.577. The van der Waals surface area contributed by atoms with Crippen LogP contribution in [0.25, 0.3) is 11.0 Å². The highest BCUT2D eigenvalue weighted by molar-refractivity contribution is 6.40. The minimum absolute atomic E-state index is 0.0110. The Labute approximate surface area is 98.2 Å². The van der Waals surface area contributed by atoms with E-state index in [9.17, 15) is 9.59 Å². The van der Waals surface area contributed by atoms with E-state index in [0.717, 1.165) is 5.39 Å². The predicted molar refractivity (Wildman–Crippen MR) is 61.8 cm³/mol. The Morgan fingerprint density at radius 3 is 2.59 bits per heavy atom. The maximum atomic E-state index is 11.7. The molecule has 0 N–H and O–H groups in total. The van der Waals surface area contributed by atoms with E-state index in [1.165, 1.54) is 0 Å². The smallest absolute Gasteiger partial charge is 0.383 e. The largest absolute Gasteiger partial charge is 0.457 e. The van der Waals surface area contributed by atoms with Crippen LogP contribution in [0.3, 0.4) is 0 Å². The van der Waals surface area contributed by atoms with Gasteiger partial charge in [-0.2, -0.15) is 0 Å². The number of ether oxygens (including phenoxy) is 1. The number of hydrogen-bond acceptors (Lipinski definition) is 4. The van der Waals surface area contributed by atoms with Gasteiger partial charge in [0, 0.05) is 5.39 Å². The zero-order valence-corrected chi connectivity index (χ0v) is 9.60. The van der Waals surface area contributed by atoms with E-state index < -0.39 is 11.8 Å².